The molecule has 108 valence electrons. The number of benzene rings is 1. The van der Waals surface area contributed by atoms with Crippen LogP contribution in [-0.2, 0) is 16.0 Å². The van der Waals surface area contributed by atoms with Crippen LogP contribution in [0.1, 0.15) is 36.2 Å². The number of nitrogens with zero attached hydrogens (tertiary/aromatic N) is 1. The van der Waals surface area contributed by atoms with Gasteiger partial charge in [0.1, 0.15) is 6.54 Å². The van der Waals surface area contributed by atoms with Crippen LogP contribution in [0.5, 0.6) is 0 Å². The maximum Gasteiger partial charge on any atom is 0.323 e. The summed E-state index contributed by atoms with van der Waals surface area (Å²) in [6.07, 6.45) is 0.855. The number of ketones is 1. The van der Waals surface area contributed by atoms with E-state index in [4.69, 9.17) is 5.11 Å². The van der Waals surface area contributed by atoms with Gasteiger partial charge in [-0.2, -0.15) is 0 Å². The first-order chi connectivity index (χ1) is 9.43. The molecular weight excluding hydrogens is 258 g/mol. The summed E-state index contributed by atoms with van der Waals surface area (Å²) < 4.78 is 0. The van der Waals surface area contributed by atoms with E-state index < -0.39 is 5.97 Å². The smallest absolute Gasteiger partial charge is 0.323 e. The second kappa shape index (κ2) is 7.43. The minimum absolute atomic E-state index is 0.0265. The molecule has 0 unspecified atom stereocenters. The third kappa shape index (κ3) is 4.84. The molecule has 1 amide bonds. The van der Waals surface area contributed by atoms with Crippen molar-refractivity contribution in [3.63, 3.8) is 0 Å². The van der Waals surface area contributed by atoms with Gasteiger partial charge in [-0.3, -0.25) is 14.4 Å². The Kier molecular flexibility index (Phi) is 5.90. The molecule has 0 aliphatic rings. The van der Waals surface area contributed by atoms with E-state index >= 15 is 0 Å². The van der Waals surface area contributed by atoms with Crippen molar-refractivity contribution < 1.29 is 19.5 Å². The molecule has 1 aromatic rings. The summed E-state index contributed by atoms with van der Waals surface area (Å²) in [5.74, 6) is -1.26. The lowest BCUT2D eigenvalue weighted by Crippen LogP contribution is -2.37. The summed E-state index contributed by atoms with van der Waals surface area (Å²) >= 11 is 0. The number of rotatable bonds is 7. The van der Waals surface area contributed by atoms with Crippen molar-refractivity contribution >= 4 is 17.7 Å². The SMILES string of the molecule is CCCN(CC(=O)O)C(=O)Cc1ccc(C(C)=O)cc1. The average Bonchev–Trinajstić information content (AvgIpc) is 2.38. The van der Waals surface area contributed by atoms with Gasteiger partial charge in [-0.1, -0.05) is 31.2 Å². The highest BCUT2D eigenvalue weighted by molar-refractivity contribution is 5.94. The van der Waals surface area contributed by atoms with Crippen LogP contribution >= 0.6 is 0 Å². The third-order valence-corrected chi connectivity index (χ3v) is 2.89. The van der Waals surface area contributed by atoms with Gasteiger partial charge in [0, 0.05) is 12.1 Å². The Balaban J connectivity index is 2.71. The van der Waals surface area contributed by atoms with Crippen molar-refractivity contribution in [1.29, 1.82) is 0 Å². The van der Waals surface area contributed by atoms with Crippen LogP contribution in [-0.4, -0.2) is 40.8 Å². The van der Waals surface area contributed by atoms with E-state index in [0.29, 0.717) is 18.5 Å². The monoisotopic (exact) mass is 277 g/mol. The molecule has 0 heterocycles. The van der Waals surface area contributed by atoms with Gasteiger partial charge in [-0.05, 0) is 18.9 Å². The number of aliphatic carboxylic acids is 1. The van der Waals surface area contributed by atoms with Crippen molar-refractivity contribution in [3.8, 4) is 0 Å². The predicted octanol–water partition coefficient (Wildman–Crippen LogP) is 1.75. The second-order valence-corrected chi connectivity index (χ2v) is 4.64. The molecule has 0 spiro atoms. The topological polar surface area (TPSA) is 74.7 Å². The maximum absolute atomic E-state index is 12.1. The molecule has 1 N–H and O–H groups in total. The number of amides is 1. The molecule has 0 fully saturated rings. The zero-order valence-electron chi connectivity index (χ0n) is 11.8. The minimum atomic E-state index is -1.02. The van der Waals surface area contributed by atoms with Crippen molar-refractivity contribution in [3.05, 3.63) is 35.4 Å². The second-order valence-electron chi connectivity index (χ2n) is 4.64. The Morgan fingerprint density at radius 2 is 1.75 bits per heavy atom. The molecule has 1 aromatic carbocycles. The van der Waals surface area contributed by atoms with Gasteiger partial charge in [0.15, 0.2) is 5.78 Å². The molecule has 0 saturated carbocycles. The fraction of sp³-hybridized carbons (Fsp3) is 0.400. The number of hydrogen-bond acceptors (Lipinski definition) is 3. The molecule has 5 heteroatoms. The summed E-state index contributed by atoms with van der Waals surface area (Å²) in [6, 6.07) is 6.79. The molecule has 0 aliphatic carbocycles. The van der Waals surface area contributed by atoms with E-state index in [1.165, 1.54) is 11.8 Å². The van der Waals surface area contributed by atoms with E-state index in [2.05, 4.69) is 0 Å². The minimum Gasteiger partial charge on any atom is -0.480 e. The first-order valence-electron chi connectivity index (χ1n) is 6.53. The summed E-state index contributed by atoms with van der Waals surface area (Å²) in [4.78, 5) is 35.3. The first-order valence-corrected chi connectivity index (χ1v) is 6.53. The Hall–Kier alpha value is -2.17. The van der Waals surface area contributed by atoms with Crippen molar-refractivity contribution in [2.45, 2.75) is 26.7 Å². The fourth-order valence-corrected chi connectivity index (χ4v) is 1.87. The van der Waals surface area contributed by atoms with Gasteiger partial charge >= 0.3 is 5.97 Å². The molecule has 0 radical (unpaired) electrons. The van der Waals surface area contributed by atoms with Gasteiger partial charge in [0.05, 0.1) is 6.42 Å². The van der Waals surface area contributed by atoms with Crippen molar-refractivity contribution in [1.82, 2.24) is 4.90 Å². The standard InChI is InChI=1S/C15H19NO4/c1-3-8-16(10-15(19)20)14(18)9-12-4-6-13(7-5-12)11(2)17/h4-7H,3,8-10H2,1-2H3,(H,19,20). The van der Waals surface area contributed by atoms with Crippen LogP contribution in [0.4, 0.5) is 0 Å². The number of carbonyl (C=O) groups excluding carboxylic acids is 2. The van der Waals surface area contributed by atoms with Gasteiger partial charge < -0.3 is 10.0 Å². The predicted molar refractivity (Wildman–Crippen MR) is 74.7 cm³/mol. The summed E-state index contributed by atoms with van der Waals surface area (Å²) in [6.45, 7) is 3.52. The highest BCUT2D eigenvalue weighted by Crippen LogP contribution is 2.08. The van der Waals surface area contributed by atoms with Crippen LogP contribution in [0.2, 0.25) is 0 Å². The van der Waals surface area contributed by atoms with E-state index in [1.54, 1.807) is 24.3 Å². The van der Waals surface area contributed by atoms with E-state index in [9.17, 15) is 14.4 Å². The number of carboxylic acids is 1. The van der Waals surface area contributed by atoms with Crippen molar-refractivity contribution in [2.24, 2.45) is 0 Å². The molecule has 0 aromatic heterocycles. The fourth-order valence-electron chi connectivity index (χ4n) is 1.87. The lowest BCUT2D eigenvalue weighted by atomic mass is 10.1. The van der Waals surface area contributed by atoms with Gasteiger partial charge in [-0.25, -0.2) is 0 Å². The highest BCUT2D eigenvalue weighted by atomic mass is 16.4. The molecule has 20 heavy (non-hydrogen) atoms. The molecule has 0 saturated heterocycles. The van der Waals surface area contributed by atoms with E-state index in [1.807, 2.05) is 6.92 Å². The largest absolute Gasteiger partial charge is 0.480 e. The number of carboxylic acid groups (broad SMARTS) is 1. The van der Waals surface area contributed by atoms with E-state index in [0.717, 1.165) is 5.56 Å². The summed E-state index contributed by atoms with van der Waals surface area (Å²) in [5.41, 5.74) is 1.36. The molecule has 0 atom stereocenters. The number of Topliss-reactive ketones (excluding diaryl/α,β-unsaturated/α-hetero) is 1. The van der Waals surface area contributed by atoms with Crippen LogP contribution in [0, 0.1) is 0 Å². The Morgan fingerprint density at radius 1 is 1.15 bits per heavy atom. The van der Waals surface area contributed by atoms with Gasteiger partial charge in [-0.15, -0.1) is 0 Å². The Bertz CT molecular complexity index is 493. The highest BCUT2D eigenvalue weighted by Gasteiger charge is 2.16. The van der Waals surface area contributed by atoms with Gasteiger partial charge in [0.25, 0.3) is 0 Å². The van der Waals surface area contributed by atoms with Crippen LogP contribution < -0.4 is 0 Å². The molecule has 1 rings (SSSR count). The zero-order valence-corrected chi connectivity index (χ0v) is 11.8. The van der Waals surface area contributed by atoms with Gasteiger partial charge in [0.2, 0.25) is 5.91 Å². The molecular formula is C15H19NO4. The lowest BCUT2D eigenvalue weighted by Gasteiger charge is -2.20. The zero-order chi connectivity index (χ0) is 15.1. The third-order valence-electron chi connectivity index (χ3n) is 2.89. The summed E-state index contributed by atoms with van der Waals surface area (Å²) in [5, 5.41) is 8.79. The van der Waals surface area contributed by atoms with E-state index in [-0.39, 0.29) is 24.7 Å². The lowest BCUT2D eigenvalue weighted by molar-refractivity contribution is -0.144. The van der Waals surface area contributed by atoms with Crippen LogP contribution in [0.25, 0.3) is 0 Å². The molecule has 0 aliphatic heterocycles. The van der Waals surface area contributed by atoms with Crippen LogP contribution in [0.3, 0.4) is 0 Å². The first kappa shape index (κ1) is 15.9. The van der Waals surface area contributed by atoms with Crippen LogP contribution in [0.15, 0.2) is 24.3 Å². The van der Waals surface area contributed by atoms with Crippen molar-refractivity contribution in [2.75, 3.05) is 13.1 Å². The summed E-state index contributed by atoms with van der Waals surface area (Å²) in [7, 11) is 0. The maximum atomic E-state index is 12.1. The number of carbonyl (C=O) groups is 3. The normalized spacial score (nSPS) is 10.1. The molecule has 0 bridgehead atoms. The quantitative estimate of drug-likeness (QED) is 0.770. The molecule has 5 nitrogen and oxygen atoms in total. The average molecular weight is 277 g/mol. The number of hydrogen-bond donors (Lipinski definition) is 1. The Labute approximate surface area is 118 Å². The Morgan fingerprint density at radius 3 is 2.20 bits per heavy atom.